The van der Waals surface area contributed by atoms with Crippen LogP contribution >= 0.6 is 11.6 Å². The Bertz CT molecular complexity index is 240. The zero-order valence-corrected chi connectivity index (χ0v) is 12.6. The number of hydrogen-bond donors (Lipinski definition) is 0. The van der Waals surface area contributed by atoms with Gasteiger partial charge in [-0.15, -0.1) is 11.6 Å². The lowest BCUT2D eigenvalue weighted by atomic mass is 10.0. The van der Waals surface area contributed by atoms with E-state index in [1.54, 1.807) is 0 Å². The van der Waals surface area contributed by atoms with E-state index in [9.17, 15) is 4.79 Å². The Labute approximate surface area is 116 Å². The SMILES string of the molecule is CCCN1CCC(N(C)C(=O)CCCCCl)CC1. The summed E-state index contributed by atoms with van der Waals surface area (Å²) in [5.41, 5.74) is 0. The van der Waals surface area contributed by atoms with Crippen molar-refractivity contribution in [2.24, 2.45) is 0 Å². The molecule has 1 saturated heterocycles. The molecule has 1 aliphatic rings. The number of likely N-dealkylation sites (tertiary alicyclic amines) is 1. The Morgan fingerprint density at radius 1 is 1.33 bits per heavy atom. The number of halogens is 1. The van der Waals surface area contributed by atoms with Crippen molar-refractivity contribution in [3.8, 4) is 0 Å². The van der Waals surface area contributed by atoms with E-state index in [0.717, 1.165) is 38.8 Å². The van der Waals surface area contributed by atoms with E-state index in [1.165, 1.54) is 13.0 Å². The number of unbranched alkanes of at least 4 members (excludes halogenated alkanes) is 1. The molecule has 0 radical (unpaired) electrons. The molecule has 3 nitrogen and oxygen atoms in total. The fraction of sp³-hybridized carbons (Fsp3) is 0.929. The first-order valence-corrected chi connectivity index (χ1v) is 7.76. The summed E-state index contributed by atoms with van der Waals surface area (Å²) in [6, 6.07) is 0.446. The average Bonchev–Trinajstić information content (AvgIpc) is 2.39. The van der Waals surface area contributed by atoms with Gasteiger partial charge in [0.15, 0.2) is 0 Å². The molecule has 0 bridgehead atoms. The van der Waals surface area contributed by atoms with Crippen molar-refractivity contribution in [1.82, 2.24) is 9.80 Å². The molecule has 0 unspecified atom stereocenters. The minimum Gasteiger partial charge on any atom is -0.343 e. The highest BCUT2D eigenvalue weighted by atomic mass is 35.5. The Morgan fingerprint density at radius 3 is 2.56 bits per heavy atom. The van der Waals surface area contributed by atoms with Gasteiger partial charge in [0, 0.05) is 38.5 Å². The Balaban J connectivity index is 2.26. The summed E-state index contributed by atoms with van der Waals surface area (Å²) in [6.45, 7) is 5.69. The number of nitrogens with zero attached hydrogens (tertiary/aromatic N) is 2. The number of carbonyl (C=O) groups is 1. The highest BCUT2D eigenvalue weighted by Gasteiger charge is 2.24. The molecule has 0 aromatic heterocycles. The molecular weight excluding hydrogens is 248 g/mol. The normalized spacial score (nSPS) is 17.9. The van der Waals surface area contributed by atoms with Crippen LogP contribution in [0.2, 0.25) is 0 Å². The van der Waals surface area contributed by atoms with Gasteiger partial charge in [-0.3, -0.25) is 4.79 Å². The van der Waals surface area contributed by atoms with Crippen molar-refractivity contribution in [1.29, 1.82) is 0 Å². The maximum Gasteiger partial charge on any atom is 0.222 e. The van der Waals surface area contributed by atoms with Crippen LogP contribution in [0.5, 0.6) is 0 Å². The Kier molecular flexibility index (Phi) is 7.68. The number of alkyl halides is 1. The minimum absolute atomic E-state index is 0.286. The molecular formula is C14H27ClN2O. The molecule has 0 aliphatic carbocycles. The van der Waals surface area contributed by atoms with Crippen molar-refractivity contribution >= 4 is 17.5 Å². The molecule has 18 heavy (non-hydrogen) atoms. The predicted molar refractivity (Wildman–Crippen MR) is 77.1 cm³/mol. The second kappa shape index (κ2) is 8.76. The van der Waals surface area contributed by atoms with Gasteiger partial charge in [0.2, 0.25) is 5.91 Å². The van der Waals surface area contributed by atoms with Crippen molar-refractivity contribution in [3.05, 3.63) is 0 Å². The maximum atomic E-state index is 12.0. The lowest BCUT2D eigenvalue weighted by molar-refractivity contribution is -0.132. The van der Waals surface area contributed by atoms with Gasteiger partial charge in [0.05, 0.1) is 0 Å². The fourth-order valence-corrected chi connectivity index (χ4v) is 2.79. The van der Waals surface area contributed by atoms with Crippen LogP contribution in [-0.4, -0.2) is 54.3 Å². The maximum absolute atomic E-state index is 12.0. The molecule has 106 valence electrons. The van der Waals surface area contributed by atoms with Gasteiger partial charge >= 0.3 is 0 Å². The summed E-state index contributed by atoms with van der Waals surface area (Å²) in [5, 5.41) is 0. The van der Waals surface area contributed by atoms with Crippen LogP contribution in [0.4, 0.5) is 0 Å². The summed E-state index contributed by atoms with van der Waals surface area (Å²) >= 11 is 5.63. The molecule has 1 rings (SSSR count). The van der Waals surface area contributed by atoms with Gasteiger partial charge in [-0.25, -0.2) is 0 Å². The van der Waals surface area contributed by atoms with Gasteiger partial charge in [-0.2, -0.15) is 0 Å². The summed E-state index contributed by atoms with van der Waals surface area (Å²) < 4.78 is 0. The molecule has 4 heteroatoms. The molecule has 1 aliphatic heterocycles. The number of carbonyl (C=O) groups excluding carboxylic acids is 1. The van der Waals surface area contributed by atoms with Gasteiger partial charge in [0.25, 0.3) is 0 Å². The number of hydrogen-bond acceptors (Lipinski definition) is 2. The minimum atomic E-state index is 0.286. The predicted octanol–water partition coefficient (Wildman–Crippen LogP) is 2.73. The number of piperidine rings is 1. The van der Waals surface area contributed by atoms with Gasteiger partial charge in [-0.05, 0) is 38.6 Å². The van der Waals surface area contributed by atoms with Crippen molar-refractivity contribution in [2.45, 2.75) is 51.5 Å². The third kappa shape index (κ3) is 5.15. The highest BCUT2D eigenvalue weighted by molar-refractivity contribution is 6.17. The van der Waals surface area contributed by atoms with Gasteiger partial charge in [-0.1, -0.05) is 6.92 Å². The molecule has 1 heterocycles. The molecule has 1 fully saturated rings. The molecule has 0 atom stereocenters. The second-order valence-electron chi connectivity index (χ2n) is 5.22. The van der Waals surface area contributed by atoms with E-state index in [0.29, 0.717) is 18.3 Å². The third-order valence-electron chi connectivity index (χ3n) is 3.81. The zero-order valence-electron chi connectivity index (χ0n) is 11.8. The van der Waals surface area contributed by atoms with E-state index in [1.807, 2.05) is 11.9 Å². The van der Waals surface area contributed by atoms with Gasteiger partial charge < -0.3 is 9.80 Å². The van der Waals surface area contributed by atoms with Crippen LogP contribution in [0, 0.1) is 0 Å². The second-order valence-corrected chi connectivity index (χ2v) is 5.60. The highest BCUT2D eigenvalue weighted by Crippen LogP contribution is 2.16. The van der Waals surface area contributed by atoms with E-state index in [2.05, 4.69) is 11.8 Å². The van der Waals surface area contributed by atoms with Crippen LogP contribution in [0.25, 0.3) is 0 Å². The molecule has 1 amide bonds. The van der Waals surface area contributed by atoms with Crippen LogP contribution < -0.4 is 0 Å². The molecule has 0 aromatic carbocycles. The Hall–Kier alpha value is -0.280. The lowest BCUT2D eigenvalue weighted by Crippen LogP contribution is -2.45. The third-order valence-corrected chi connectivity index (χ3v) is 4.08. The lowest BCUT2D eigenvalue weighted by Gasteiger charge is -2.36. The summed E-state index contributed by atoms with van der Waals surface area (Å²) in [4.78, 5) is 16.5. The summed E-state index contributed by atoms with van der Waals surface area (Å²) in [7, 11) is 1.96. The van der Waals surface area contributed by atoms with Crippen LogP contribution in [0.3, 0.4) is 0 Å². The molecule has 0 N–H and O–H groups in total. The number of amides is 1. The fourth-order valence-electron chi connectivity index (χ4n) is 2.60. The number of rotatable bonds is 7. The monoisotopic (exact) mass is 274 g/mol. The van der Waals surface area contributed by atoms with E-state index in [4.69, 9.17) is 11.6 Å². The van der Waals surface area contributed by atoms with Crippen LogP contribution in [0.1, 0.15) is 45.4 Å². The average molecular weight is 275 g/mol. The van der Waals surface area contributed by atoms with Crippen molar-refractivity contribution in [3.63, 3.8) is 0 Å². The van der Waals surface area contributed by atoms with E-state index < -0.39 is 0 Å². The molecule has 0 spiro atoms. The molecule has 0 saturated carbocycles. The quantitative estimate of drug-likeness (QED) is 0.526. The van der Waals surface area contributed by atoms with Crippen molar-refractivity contribution in [2.75, 3.05) is 32.6 Å². The first-order chi connectivity index (χ1) is 8.69. The first-order valence-electron chi connectivity index (χ1n) is 7.23. The standard InChI is InChI=1S/C14H27ClN2O/c1-3-10-17-11-7-13(8-12-17)16(2)14(18)6-4-5-9-15/h13H,3-12H2,1-2H3. The smallest absolute Gasteiger partial charge is 0.222 e. The van der Waals surface area contributed by atoms with Crippen LogP contribution in [-0.2, 0) is 4.79 Å². The summed E-state index contributed by atoms with van der Waals surface area (Å²) in [6.07, 6.45) is 5.98. The zero-order chi connectivity index (χ0) is 13.4. The largest absolute Gasteiger partial charge is 0.343 e. The summed E-state index contributed by atoms with van der Waals surface area (Å²) in [5.74, 6) is 0.945. The molecule has 0 aromatic rings. The van der Waals surface area contributed by atoms with E-state index in [-0.39, 0.29) is 5.91 Å². The first kappa shape index (κ1) is 15.8. The van der Waals surface area contributed by atoms with E-state index >= 15 is 0 Å². The van der Waals surface area contributed by atoms with Gasteiger partial charge in [0.1, 0.15) is 0 Å². The van der Waals surface area contributed by atoms with Crippen molar-refractivity contribution < 1.29 is 4.79 Å². The van der Waals surface area contributed by atoms with Crippen LogP contribution in [0.15, 0.2) is 0 Å². The topological polar surface area (TPSA) is 23.6 Å². The Morgan fingerprint density at radius 2 is 2.00 bits per heavy atom.